The SMILES string of the molecule is O=C(O)[C@@H](O)[C@@H](CCCc1ccc(-c2ccccc2)cc1)C(=O)N(CO)CCc1cnc[nH]1. The molecule has 0 aliphatic heterocycles. The second kappa shape index (κ2) is 11.9. The number of aliphatic hydroxyl groups is 2. The highest BCUT2D eigenvalue weighted by Gasteiger charge is 2.34. The topological polar surface area (TPSA) is 127 Å². The molecule has 1 aromatic heterocycles. The summed E-state index contributed by atoms with van der Waals surface area (Å²) in [6.45, 7) is -0.377. The predicted octanol–water partition coefficient (Wildman–Crippen LogP) is 2.48. The Balaban J connectivity index is 1.60. The summed E-state index contributed by atoms with van der Waals surface area (Å²) in [5, 5.41) is 29.1. The Bertz CT molecular complexity index is 1010. The number of aliphatic carboxylic acids is 1. The van der Waals surface area contributed by atoms with Crippen LogP contribution in [0.15, 0.2) is 67.1 Å². The smallest absolute Gasteiger partial charge is 0.333 e. The van der Waals surface area contributed by atoms with Gasteiger partial charge < -0.3 is 25.2 Å². The Morgan fingerprint density at radius 1 is 1.00 bits per heavy atom. The number of rotatable bonds is 12. The Kier molecular flexibility index (Phi) is 8.74. The summed E-state index contributed by atoms with van der Waals surface area (Å²) in [6.07, 6.45) is 3.07. The molecule has 2 aromatic carbocycles. The van der Waals surface area contributed by atoms with Gasteiger partial charge in [0.15, 0.2) is 6.10 Å². The number of hydrogen-bond donors (Lipinski definition) is 4. The quantitative estimate of drug-likeness (QED) is 0.313. The second-order valence-electron chi connectivity index (χ2n) is 7.91. The number of imidazole rings is 1. The third-order valence-corrected chi connectivity index (χ3v) is 5.68. The molecule has 0 fully saturated rings. The Morgan fingerprint density at radius 3 is 2.30 bits per heavy atom. The van der Waals surface area contributed by atoms with Gasteiger partial charge in [0, 0.05) is 24.9 Å². The van der Waals surface area contributed by atoms with E-state index in [9.17, 15) is 24.9 Å². The first-order valence-corrected chi connectivity index (χ1v) is 10.9. The third kappa shape index (κ3) is 6.74. The normalized spacial score (nSPS) is 12.8. The molecule has 0 radical (unpaired) electrons. The summed E-state index contributed by atoms with van der Waals surface area (Å²) in [4.78, 5) is 32.3. The number of aromatic amines is 1. The van der Waals surface area contributed by atoms with Crippen molar-refractivity contribution < 1.29 is 24.9 Å². The summed E-state index contributed by atoms with van der Waals surface area (Å²) >= 11 is 0. The average molecular weight is 452 g/mol. The van der Waals surface area contributed by atoms with Gasteiger partial charge in [0.05, 0.1) is 12.2 Å². The minimum atomic E-state index is -1.83. The number of H-pyrrole nitrogens is 1. The average Bonchev–Trinajstić information content (AvgIpc) is 3.36. The van der Waals surface area contributed by atoms with Crippen molar-refractivity contribution in [2.45, 2.75) is 31.8 Å². The van der Waals surface area contributed by atoms with Gasteiger partial charge in [-0.1, -0.05) is 54.6 Å². The van der Waals surface area contributed by atoms with Gasteiger partial charge in [-0.05, 0) is 36.0 Å². The summed E-state index contributed by atoms with van der Waals surface area (Å²) in [5.74, 6) is -3.17. The molecule has 0 saturated heterocycles. The van der Waals surface area contributed by atoms with Gasteiger partial charge in [-0.25, -0.2) is 9.78 Å². The molecule has 0 spiro atoms. The number of nitrogens with one attached hydrogen (secondary N) is 1. The van der Waals surface area contributed by atoms with Crippen LogP contribution in [0.3, 0.4) is 0 Å². The second-order valence-corrected chi connectivity index (χ2v) is 7.91. The first kappa shape index (κ1) is 24.2. The van der Waals surface area contributed by atoms with Crippen LogP contribution in [0.5, 0.6) is 0 Å². The van der Waals surface area contributed by atoms with Crippen LogP contribution in [0.2, 0.25) is 0 Å². The third-order valence-electron chi connectivity index (χ3n) is 5.68. The highest BCUT2D eigenvalue weighted by molar-refractivity contribution is 5.85. The van der Waals surface area contributed by atoms with Gasteiger partial charge in [0.25, 0.3) is 0 Å². The lowest BCUT2D eigenvalue weighted by atomic mass is 9.92. The fourth-order valence-corrected chi connectivity index (χ4v) is 3.77. The molecule has 0 aliphatic carbocycles. The largest absolute Gasteiger partial charge is 0.479 e. The zero-order valence-corrected chi connectivity index (χ0v) is 18.3. The summed E-state index contributed by atoms with van der Waals surface area (Å²) in [7, 11) is 0. The lowest BCUT2D eigenvalue weighted by Gasteiger charge is -2.27. The summed E-state index contributed by atoms with van der Waals surface area (Å²) in [5.41, 5.74) is 4.07. The molecule has 4 N–H and O–H groups in total. The van der Waals surface area contributed by atoms with E-state index in [0.29, 0.717) is 19.3 Å². The van der Waals surface area contributed by atoms with Crippen molar-refractivity contribution in [1.82, 2.24) is 14.9 Å². The zero-order chi connectivity index (χ0) is 23.6. The number of amides is 1. The van der Waals surface area contributed by atoms with Crippen LogP contribution < -0.4 is 0 Å². The highest BCUT2D eigenvalue weighted by Crippen LogP contribution is 2.22. The van der Waals surface area contributed by atoms with Gasteiger partial charge in [-0.15, -0.1) is 0 Å². The van der Waals surface area contributed by atoms with Crippen LogP contribution in [0.1, 0.15) is 24.1 Å². The van der Waals surface area contributed by atoms with Crippen LogP contribution in [0, 0.1) is 5.92 Å². The van der Waals surface area contributed by atoms with Crippen molar-refractivity contribution in [3.8, 4) is 11.1 Å². The molecule has 3 rings (SSSR count). The van der Waals surface area contributed by atoms with Crippen LogP contribution in [0.25, 0.3) is 11.1 Å². The van der Waals surface area contributed by atoms with Gasteiger partial charge in [-0.3, -0.25) is 4.79 Å². The van der Waals surface area contributed by atoms with E-state index in [-0.39, 0.29) is 13.0 Å². The van der Waals surface area contributed by atoms with Crippen molar-refractivity contribution in [2.24, 2.45) is 5.92 Å². The van der Waals surface area contributed by atoms with Gasteiger partial charge >= 0.3 is 5.97 Å². The van der Waals surface area contributed by atoms with Crippen LogP contribution in [-0.4, -0.2) is 61.4 Å². The van der Waals surface area contributed by atoms with Crippen molar-refractivity contribution in [2.75, 3.05) is 13.3 Å². The van der Waals surface area contributed by atoms with Crippen molar-refractivity contribution >= 4 is 11.9 Å². The molecule has 8 nitrogen and oxygen atoms in total. The number of carbonyl (C=O) groups is 2. The molecule has 3 aromatic rings. The van der Waals surface area contributed by atoms with Crippen LogP contribution >= 0.6 is 0 Å². The molecule has 1 amide bonds. The molecule has 0 aliphatic rings. The number of carbonyl (C=O) groups excluding carboxylic acids is 1. The number of hydrogen-bond acceptors (Lipinski definition) is 5. The molecule has 0 bridgehead atoms. The number of aryl methyl sites for hydroxylation is 1. The van der Waals surface area contributed by atoms with E-state index in [1.54, 1.807) is 6.20 Å². The van der Waals surface area contributed by atoms with Crippen molar-refractivity contribution in [1.29, 1.82) is 0 Å². The van der Waals surface area contributed by atoms with Crippen molar-refractivity contribution in [3.63, 3.8) is 0 Å². The summed E-state index contributed by atoms with van der Waals surface area (Å²) in [6, 6.07) is 18.1. The van der Waals surface area contributed by atoms with Crippen LogP contribution in [0.4, 0.5) is 0 Å². The molecule has 0 saturated carbocycles. The lowest BCUT2D eigenvalue weighted by molar-refractivity contribution is -0.158. The van der Waals surface area contributed by atoms with E-state index in [2.05, 4.69) is 9.97 Å². The number of aliphatic hydroxyl groups excluding tert-OH is 2. The molecular weight excluding hydrogens is 422 g/mol. The fraction of sp³-hybridized carbons (Fsp3) is 0.320. The number of aromatic nitrogens is 2. The lowest BCUT2D eigenvalue weighted by Crippen LogP contribution is -2.45. The maximum atomic E-state index is 12.9. The standard InChI is InChI=1S/C25H29N3O5/c29-17-28(14-13-21-15-26-16-27-21)24(31)22(23(30)25(32)33)8-4-5-18-9-11-20(12-10-18)19-6-2-1-3-7-19/h1-3,6-7,9-12,15-16,22-23,29-30H,4-5,8,13-14,17H2,(H,26,27)(H,32,33)/t22-,23+/m1/s1. The fourth-order valence-electron chi connectivity index (χ4n) is 3.77. The van der Waals surface area contributed by atoms with E-state index < -0.39 is 30.6 Å². The van der Waals surface area contributed by atoms with Gasteiger partial charge in [0.2, 0.25) is 5.91 Å². The zero-order valence-electron chi connectivity index (χ0n) is 18.3. The van der Waals surface area contributed by atoms with Crippen molar-refractivity contribution in [3.05, 3.63) is 78.4 Å². The number of carboxylic acid groups (broad SMARTS) is 1. The van der Waals surface area contributed by atoms with Crippen LogP contribution in [-0.2, 0) is 22.4 Å². The van der Waals surface area contributed by atoms with E-state index in [1.165, 1.54) is 6.33 Å². The minimum Gasteiger partial charge on any atom is -0.479 e. The van der Waals surface area contributed by atoms with E-state index in [0.717, 1.165) is 27.3 Å². The number of nitrogens with zero attached hydrogens (tertiary/aromatic N) is 2. The van der Waals surface area contributed by atoms with E-state index in [4.69, 9.17) is 0 Å². The first-order chi connectivity index (χ1) is 16.0. The molecule has 174 valence electrons. The molecule has 8 heteroatoms. The number of benzene rings is 2. The van der Waals surface area contributed by atoms with E-state index >= 15 is 0 Å². The Hall–Kier alpha value is -3.49. The molecule has 2 atom stereocenters. The molecule has 1 heterocycles. The van der Waals surface area contributed by atoms with Gasteiger partial charge in [-0.2, -0.15) is 0 Å². The maximum Gasteiger partial charge on any atom is 0.333 e. The molecule has 33 heavy (non-hydrogen) atoms. The maximum absolute atomic E-state index is 12.9. The summed E-state index contributed by atoms with van der Waals surface area (Å²) < 4.78 is 0. The monoisotopic (exact) mass is 451 g/mol. The predicted molar refractivity (Wildman–Crippen MR) is 123 cm³/mol. The highest BCUT2D eigenvalue weighted by atomic mass is 16.4. The molecule has 0 unspecified atom stereocenters. The Morgan fingerprint density at radius 2 is 1.70 bits per heavy atom. The van der Waals surface area contributed by atoms with Gasteiger partial charge in [0.1, 0.15) is 6.73 Å². The minimum absolute atomic E-state index is 0.182. The Labute approximate surface area is 192 Å². The molecular formula is C25H29N3O5. The van der Waals surface area contributed by atoms with E-state index in [1.807, 2.05) is 54.6 Å². The number of carboxylic acids is 1. The first-order valence-electron chi connectivity index (χ1n) is 10.9.